The molecule has 5 aromatic rings. The zero-order chi connectivity index (χ0) is 41.1. The summed E-state index contributed by atoms with van der Waals surface area (Å²) in [4.78, 5) is 45.7. The number of halogens is 5. The highest BCUT2D eigenvalue weighted by Gasteiger charge is 2.40. The smallest absolute Gasteiger partial charge is 0.434 e. The molecule has 0 bridgehead atoms. The number of hydrogen-bond donors (Lipinski definition) is 2. The molecule has 0 aliphatic carbocycles. The normalized spacial score (nSPS) is 13.2. The number of piperazine rings is 1. The average molecular weight is 808 g/mol. The van der Waals surface area contributed by atoms with Crippen molar-refractivity contribution in [3.63, 3.8) is 0 Å². The number of nitrogens with one attached hydrogen (secondary N) is 2. The predicted octanol–water partition coefficient (Wildman–Crippen LogP) is 7.00. The van der Waals surface area contributed by atoms with Crippen LogP contribution < -0.4 is 20.7 Å². The Morgan fingerprint density at radius 1 is 0.912 bits per heavy atom. The lowest BCUT2D eigenvalue weighted by Gasteiger charge is -2.34. The van der Waals surface area contributed by atoms with Crippen molar-refractivity contribution in [3.8, 4) is 17.2 Å². The molecule has 18 heteroatoms. The van der Waals surface area contributed by atoms with E-state index in [2.05, 4.69) is 27.3 Å². The number of ether oxygens (including phenoxy) is 1. The molecule has 0 unspecified atom stereocenters. The lowest BCUT2D eigenvalue weighted by molar-refractivity contribution is -0.143. The summed E-state index contributed by atoms with van der Waals surface area (Å²) >= 11 is 0. The first-order chi connectivity index (χ1) is 27.0. The van der Waals surface area contributed by atoms with Gasteiger partial charge in [0.25, 0.3) is 5.91 Å². The molecule has 0 saturated carbocycles. The SMILES string of the molecule is C=CC(=O)N1CCN(C(=O)Cc2cccc(Nc3nccc(Oc4ccc(NC(=O)c5cnn(-c6ccc(F)cc6)c5C(F)(F)F)cc4F)c3P(C)(C)=O)c2)CC1. The van der Waals surface area contributed by atoms with E-state index >= 15 is 4.39 Å². The summed E-state index contributed by atoms with van der Waals surface area (Å²) in [5.41, 5.74) is -1.41. The van der Waals surface area contributed by atoms with Crippen LogP contribution in [0.15, 0.2) is 97.8 Å². The van der Waals surface area contributed by atoms with E-state index in [0.29, 0.717) is 48.3 Å². The maximum atomic E-state index is 15.5. The summed E-state index contributed by atoms with van der Waals surface area (Å²) < 4.78 is 91.2. The molecule has 12 nitrogen and oxygen atoms in total. The van der Waals surface area contributed by atoms with Gasteiger partial charge >= 0.3 is 6.18 Å². The lowest BCUT2D eigenvalue weighted by Crippen LogP contribution is -2.50. The minimum absolute atomic E-state index is 0.0000409. The molecule has 1 aliphatic rings. The van der Waals surface area contributed by atoms with Gasteiger partial charge in [0.05, 0.1) is 29.2 Å². The summed E-state index contributed by atoms with van der Waals surface area (Å²) in [7, 11) is -3.20. The van der Waals surface area contributed by atoms with Crippen LogP contribution >= 0.6 is 7.14 Å². The highest BCUT2D eigenvalue weighted by atomic mass is 31.2. The molecule has 3 heterocycles. The Bertz CT molecular complexity index is 2390. The van der Waals surface area contributed by atoms with Crippen molar-refractivity contribution in [2.75, 3.05) is 50.1 Å². The van der Waals surface area contributed by atoms with Gasteiger partial charge in [0.15, 0.2) is 17.3 Å². The third-order valence-corrected chi connectivity index (χ3v) is 10.4. The minimum Gasteiger partial charge on any atom is -0.453 e. The van der Waals surface area contributed by atoms with Gasteiger partial charge in [-0.25, -0.2) is 18.4 Å². The molecular formula is C39H35F5N7O5P. The van der Waals surface area contributed by atoms with Gasteiger partial charge in [-0.05, 0) is 73.5 Å². The van der Waals surface area contributed by atoms with Gasteiger partial charge in [0.1, 0.15) is 24.5 Å². The van der Waals surface area contributed by atoms with Crippen molar-refractivity contribution in [1.82, 2.24) is 24.6 Å². The van der Waals surface area contributed by atoms with E-state index in [1.54, 1.807) is 34.1 Å². The number of pyridine rings is 1. The van der Waals surface area contributed by atoms with E-state index < -0.39 is 42.1 Å². The van der Waals surface area contributed by atoms with Gasteiger partial charge in [-0.1, -0.05) is 18.7 Å². The first kappa shape index (κ1) is 40.3. The topological polar surface area (TPSA) is 139 Å². The van der Waals surface area contributed by atoms with Crippen LogP contribution in [0.25, 0.3) is 5.69 Å². The van der Waals surface area contributed by atoms with Crippen LogP contribution in [0.2, 0.25) is 0 Å². The van der Waals surface area contributed by atoms with Crippen LogP contribution in [0.5, 0.6) is 11.5 Å². The molecule has 3 amide bonds. The number of rotatable bonds is 11. The maximum absolute atomic E-state index is 15.5. The van der Waals surface area contributed by atoms with Crippen LogP contribution in [-0.2, 0) is 26.8 Å². The second-order valence-corrected chi connectivity index (χ2v) is 16.4. The fourth-order valence-electron chi connectivity index (χ4n) is 6.16. The number of nitrogens with zero attached hydrogens (tertiary/aromatic N) is 5. The third kappa shape index (κ3) is 9.38. The maximum Gasteiger partial charge on any atom is 0.434 e. The second-order valence-electron chi connectivity index (χ2n) is 13.3. The quantitative estimate of drug-likeness (QED) is 0.0827. The van der Waals surface area contributed by atoms with Crippen LogP contribution in [0, 0.1) is 11.6 Å². The third-order valence-electron chi connectivity index (χ3n) is 8.85. The van der Waals surface area contributed by atoms with Gasteiger partial charge in [-0.15, -0.1) is 0 Å². The van der Waals surface area contributed by atoms with Crippen LogP contribution in [0.1, 0.15) is 21.6 Å². The van der Waals surface area contributed by atoms with E-state index in [9.17, 15) is 36.5 Å². The molecule has 3 aromatic carbocycles. The Balaban J connectivity index is 1.17. The number of aromatic nitrogens is 3. The fraction of sp³-hybridized carbons (Fsp3) is 0.205. The van der Waals surface area contributed by atoms with Gasteiger partial charge in [0.2, 0.25) is 11.8 Å². The number of hydrogen-bond acceptors (Lipinski definition) is 8. The molecule has 57 heavy (non-hydrogen) atoms. The molecule has 2 N–H and O–H groups in total. The summed E-state index contributed by atoms with van der Waals surface area (Å²) in [5, 5.41) is 9.20. The number of alkyl halides is 3. The van der Waals surface area contributed by atoms with E-state index in [0.717, 1.165) is 36.4 Å². The monoisotopic (exact) mass is 807 g/mol. The molecular weight excluding hydrogens is 772 g/mol. The summed E-state index contributed by atoms with van der Waals surface area (Å²) in [6, 6.07) is 15.6. The summed E-state index contributed by atoms with van der Waals surface area (Å²) in [6.07, 6.45) is -1.64. The van der Waals surface area contributed by atoms with E-state index in [4.69, 9.17) is 4.74 Å². The van der Waals surface area contributed by atoms with Crippen molar-refractivity contribution in [2.45, 2.75) is 12.6 Å². The second kappa shape index (κ2) is 16.4. The van der Waals surface area contributed by atoms with Gasteiger partial charge in [-0.3, -0.25) is 14.4 Å². The highest BCUT2D eigenvalue weighted by molar-refractivity contribution is 7.70. The molecule has 0 spiro atoms. The highest BCUT2D eigenvalue weighted by Crippen LogP contribution is 2.43. The lowest BCUT2D eigenvalue weighted by atomic mass is 10.1. The van der Waals surface area contributed by atoms with Gasteiger partial charge in [-0.2, -0.15) is 18.3 Å². The van der Waals surface area contributed by atoms with E-state index in [-0.39, 0.29) is 52.2 Å². The summed E-state index contributed by atoms with van der Waals surface area (Å²) in [5.74, 6) is -3.42. The Morgan fingerprint density at radius 3 is 2.26 bits per heavy atom. The molecule has 1 aliphatic heterocycles. The molecule has 296 valence electrons. The predicted molar refractivity (Wildman–Crippen MR) is 203 cm³/mol. The Kier molecular flexibility index (Phi) is 11.6. The van der Waals surface area contributed by atoms with Crippen molar-refractivity contribution in [3.05, 3.63) is 126 Å². The van der Waals surface area contributed by atoms with E-state index in [1.807, 2.05) is 0 Å². The largest absolute Gasteiger partial charge is 0.453 e. The summed E-state index contributed by atoms with van der Waals surface area (Å²) in [6.45, 7) is 8.05. The van der Waals surface area contributed by atoms with Crippen LogP contribution in [-0.4, -0.2) is 81.8 Å². The van der Waals surface area contributed by atoms with E-state index in [1.165, 1.54) is 37.7 Å². The van der Waals surface area contributed by atoms with Gasteiger partial charge < -0.3 is 29.7 Å². The van der Waals surface area contributed by atoms with Crippen molar-refractivity contribution in [2.24, 2.45) is 0 Å². The number of amides is 3. The number of carbonyl (C=O) groups is 3. The average Bonchev–Trinajstić information content (AvgIpc) is 3.62. The molecule has 0 atom stereocenters. The first-order valence-electron chi connectivity index (χ1n) is 17.3. The standard InChI is InChI=1S/C39H35F5N7O5P/c1-4-33(52)49-16-18-50(19-17-49)34(53)21-24-6-5-7-26(20-24)47-37-35(57(2,3)55)32(14-15-45-37)56-31-13-10-27(22-30(31)41)48-38(54)29-23-46-51(36(29)39(42,43)44)28-11-8-25(40)9-12-28/h4-15,20,22-23H,1,16-19,21H2,2-3H3,(H,45,47)(H,48,54). The molecule has 0 radical (unpaired) electrons. The molecule has 6 rings (SSSR count). The first-order valence-corrected chi connectivity index (χ1v) is 19.9. The Hall–Kier alpha value is -6.35. The number of benzene rings is 3. The fourth-order valence-corrected chi connectivity index (χ4v) is 7.44. The number of carbonyl (C=O) groups excluding carboxylic acids is 3. The molecule has 1 fully saturated rings. The van der Waals surface area contributed by atoms with Crippen LogP contribution in [0.4, 0.5) is 39.1 Å². The molecule has 2 aromatic heterocycles. The number of anilines is 3. The minimum atomic E-state index is -5.04. The van der Waals surface area contributed by atoms with Gasteiger partial charge in [0, 0.05) is 55.9 Å². The Labute approximate surface area is 323 Å². The molecule has 1 saturated heterocycles. The zero-order valence-corrected chi connectivity index (χ0v) is 31.4. The van der Waals surface area contributed by atoms with Crippen LogP contribution in [0.3, 0.4) is 0 Å². The van der Waals surface area contributed by atoms with Crippen molar-refractivity contribution in [1.29, 1.82) is 0 Å². The van der Waals surface area contributed by atoms with Crippen molar-refractivity contribution < 1.29 is 45.6 Å². The zero-order valence-electron chi connectivity index (χ0n) is 30.5. The van der Waals surface area contributed by atoms with Crippen molar-refractivity contribution >= 4 is 47.4 Å². The Morgan fingerprint density at radius 2 is 1.61 bits per heavy atom.